The fourth-order valence-corrected chi connectivity index (χ4v) is 1.68. The summed E-state index contributed by atoms with van der Waals surface area (Å²) in [6.45, 7) is 0.600. The molecule has 2 rings (SSSR count). The Morgan fingerprint density at radius 3 is 3.00 bits per heavy atom. The fourth-order valence-electron chi connectivity index (χ4n) is 1.68. The van der Waals surface area contributed by atoms with E-state index in [1.165, 1.54) is 0 Å². The van der Waals surface area contributed by atoms with Gasteiger partial charge in [-0.3, -0.25) is 0 Å². The van der Waals surface area contributed by atoms with Crippen LogP contribution in [0.5, 0.6) is 5.75 Å². The van der Waals surface area contributed by atoms with E-state index in [1.807, 2.05) is 0 Å². The molecule has 0 saturated carbocycles. The Kier molecular flexibility index (Phi) is 2.02. The van der Waals surface area contributed by atoms with Crippen LogP contribution in [0, 0.1) is 11.3 Å². The van der Waals surface area contributed by atoms with E-state index in [0.717, 1.165) is 12.0 Å². The van der Waals surface area contributed by atoms with Crippen LogP contribution in [0.15, 0.2) is 12.1 Å². The van der Waals surface area contributed by atoms with Crippen LogP contribution in [0.2, 0.25) is 0 Å². The summed E-state index contributed by atoms with van der Waals surface area (Å²) in [6, 6.07) is 5.37. The highest BCUT2D eigenvalue weighted by Gasteiger charge is 2.22. The molecular weight excluding hydrogens is 178 g/mol. The first-order valence-electron chi connectivity index (χ1n) is 4.45. The molecule has 0 amide bonds. The van der Waals surface area contributed by atoms with Crippen molar-refractivity contribution in [1.29, 1.82) is 5.26 Å². The van der Waals surface area contributed by atoms with E-state index in [1.54, 1.807) is 12.1 Å². The monoisotopic (exact) mass is 189 g/mol. The Morgan fingerprint density at radius 2 is 2.29 bits per heavy atom. The van der Waals surface area contributed by atoms with E-state index in [-0.39, 0.29) is 6.04 Å². The van der Waals surface area contributed by atoms with Gasteiger partial charge in [0.1, 0.15) is 11.8 Å². The summed E-state index contributed by atoms with van der Waals surface area (Å²) in [7, 11) is 0. The third kappa shape index (κ3) is 1.19. The van der Waals surface area contributed by atoms with Crippen molar-refractivity contribution in [2.75, 3.05) is 12.3 Å². The molecule has 0 aromatic heterocycles. The van der Waals surface area contributed by atoms with Gasteiger partial charge in [-0.15, -0.1) is 0 Å². The molecule has 0 spiro atoms. The maximum atomic E-state index is 8.95. The molecule has 0 fully saturated rings. The van der Waals surface area contributed by atoms with Gasteiger partial charge < -0.3 is 16.2 Å². The molecule has 1 atom stereocenters. The van der Waals surface area contributed by atoms with E-state index in [0.29, 0.717) is 23.6 Å². The largest absolute Gasteiger partial charge is 0.493 e. The topological polar surface area (TPSA) is 85.1 Å². The van der Waals surface area contributed by atoms with Crippen LogP contribution >= 0.6 is 0 Å². The molecule has 1 aromatic rings. The lowest BCUT2D eigenvalue weighted by Crippen LogP contribution is -2.22. The van der Waals surface area contributed by atoms with Gasteiger partial charge in [0.15, 0.2) is 0 Å². The average Bonchev–Trinajstić information content (AvgIpc) is 2.19. The van der Waals surface area contributed by atoms with Gasteiger partial charge >= 0.3 is 0 Å². The van der Waals surface area contributed by atoms with Crippen molar-refractivity contribution in [1.82, 2.24) is 0 Å². The maximum Gasteiger partial charge on any atom is 0.125 e. The summed E-state index contributed by atoms with van der Waals surface area (Å²) in [5, 5.41) is 8.95. The van der Waals surface area contributed by atoms with E-state index in [9.17, 15) is 0 Å². The van der Waals surface area contributed by atoms with Crippen molar-refractivity contribution in [3.05, 3.63) is 23.3 Å². The van der Waals surface area contributed by atoms with Gasteiger partial charge in [-0.1, -0.05) is 0 Å². The SMILES string of the molecule is N#Cc1c(N)ccc2c1C(N)CCO2. The number of anilines is 1. The molecule has 1 aliphatic heterocycles. The molecule has 1 aromatic carbocycles. The van der Waals surface area contributed by atoms with Crippen LogP contribution in [0.1, 0.15) is 23.6 Å². The van der Waals surface area contributed by atoms with E-state index in [2.05, 4.69) is 6.07 Å². The molecule has 0 aliphatic carbocycles. The molecular formula is C10H11N3O. The number of ether oxygens (including phenoxy) is 1. The second-order valence-electron chi connectivity index (χ2n) is 3.30. The number of nitrogen functional groups attached to an aromatic ring is 1. The molecule has 0 saturated heterocycles. The fraction of sp³-hybridized carbons (Fsp3) is 0.300. The smallest absolute Gasteiger partial charge is 0.125 e. The van der Waals surface area contributed by atoms with Gasteiger partial charge in [0.2, 0.25) is 0 Å². The predicted molar refractivity (Wildman–Crippen MR) is 52.6 cm³/mol. The molecule has 1 aliphatic rings. The van der Waals surface area contributed by atoms with E-state index in [4.69, 9.17) is 21.5 Å². The Labute approximate surface area is 82.1 Å². The maximum absolute atomic E-state index is 8.95. The van der Waals surface area contributed by atoms with Crippen molar-refractivity contribution in [2.45, 2.75) is 12.5 Å². The van der Waals surface area contributed by atoms with Crippen molar-refractivity contribution in [3.8, 4) is 11.8 Å². The Balaban J connectivity index is 2.65. The van der Waals surface area contributed by atoms with Crippen LogP contribution in [-0.2, 0) is 0 Å². The minimum absolute atomic E-state index is 0.142. The van der Waals surface area contributed by atoms with Gasteiger partial charge in [0.05, 0.1) is 17.9 Å². The molecule has 1 unspecified atom stereocenters. The van der Waals surface area contributed by atoms with Crippen molar-refractivity contribution < 1.29 is 4.74 Å². The summed E-state index contributed by atoms with van der Waals surface area (Å²) >= 11 is 0. The lowest BCUT2D eigenvalue weighted by Gasteiger charge is -2.24. The Hall–Kier alpha value is -1.73. The summed E-state index contributed by atoms with van der Waals surface area (Å²) < 4.78 is 5.40. The van der Waals surface area contributed by atoms with Crippen molar-refractivity contribution >= 4 is 5.69 Å². The number of nitrogens with zero attached hydrogens (tertiary/aromatic N) is 1. The number of hydrogen-bond donors (Lipinski definition) is 2. The normalized spacial score (nSPS) is 19.3. The van der Waals surface area contributed by atoms with E-state index < -0.39 is 0 Å². The number of benzene rings is 1. The molecule has 4 heteroatoms. The second kappa shape index (κ2) is 3.20. The van der Waals surface area contributed by atoms with Crippen LogP contribution in [0.3, 0.4) is 0 Å². The van der Waals surface area contributed by atoms with Crippen LogP contribution in [0.25, 0.3) is 0 Å². The lowest BCUT2D eigenvalue weighted by atomic mass is 9.95. The third-order valence-electron chi connectivity index (χ3n) is 2.41. The van der Waals surface area contributed by atoms with Gasteiger partial charge in [-0.2, -0.15) is 5.26 Å². The summed E-state index contributed by atoms with van der Waals surface area (Å²) in [5.41, 5.74) is 13.3. The number of nitrogens with two attached hydrogens (primary N) is 2. The standard InChI is InChI=1S/C10H11N3O/c11-5-6-7(12)1-2-9-10(6)8(13)3-4-14-9/h1-2,8H,3-4,12-13H2. The first kappa shape index (κ1) is 8.85. The zero-order valence-corrected chi connectivity index (χ0v) is 7.66. The summed E-state index contributed by atoms with van der Waals surface area (Å²) in [4.78, 5) is 0. The molecule has 4 N–H and O–H groups in total. The Bertz CT molecular complexity index is 409. The van der Waals surface area contributed by atoms with Gasteiger partial charge in [0, 0.05) is 18.0 Å². The lowest BCUT2D eigenvalue weighted by molar-refractivity contribution is 0.269. The van der Waals surface area contributed by atoms with Crippen LogP contribution in [-0.4, -0.2) is 6.61 Å². The molecule has 72 valence electrons. The molecule has 1 heterocycles. The summed E-state index contributed by atoms with van der Waals surface area (Å²) in [6.07, 6.45) is 0.727. The van der Waals surface area contributed by atoms with Gasteiger partial charge in [-0.05, 0) is 12.1 Å². The van der Waals surface area contributed by atoms with Gasteiger partial charge in [-0.25, -0.2) is 0 Å². The first-order chi connectivity index (χ1) is 6.74. The van der Waals surface area contributed by atoms with E-state index >= 15 is 0 Å². The minimum Gasteiger partial charge on any atom is -0.493 e. The molecule has 0 bridgehead atoms. The van der Waals surface area contributed by atoms with Crippen LogP contribution < -0.4 is 16.2 Å². The predicted octanol–water partition coefficient (Wildman–Crippen LogP) is 0.923. The number of nitriles is 1. The minimum atomic E-state index is -0.142. The second-order valence-corrected chi connectivity index (χ2v) is 3.30. The highest BCUT2D eigenvalue weighted by atomic mass is 16.5. The highest BCUT2D eigenvalue weighted by molar-refractivity contribution is 5.63. The molecule has 0 radical (unpaired) electrons. The highest BCUT2D eigenvalue weighted by Crippen LogP contribution is 2.35. The number of fused-ring (bicyclic) bond motifs is 1. The Morgan fingerprint density at radius 1 is 1.50 bits per heavy atom. The average molecular weight is 189 g/mol. The van der Waals surface area contributed by atoms with Crippen LogP contribution in [0.4, 0.5) is 5.69 Å². The molecule has 14 heavy (non-hydrogen) atoms. The van der Waals surface area contributed by atoms with Crippen molar-refractivity contribution in [3.63, 3.8) is 0 Å². The molecule has 4 nitrogen and oxygen atoms in total. The van der Waals surface area contributed by atoms with Crippen molar-refractivity contribution in [2.24, 2.45) is 5.73 Å². The summed E-state index contributed by atoms with van der Waals surface area (Å²) in [5.74, 6) is 0.689. The number of rotatable bonds is 0. The quantitative estimate of drug-likeness (QED) is 0.594. The zero-order chi connectivity index (χ0) is 10.1. The third-order valence-corrected chi connectivity index (χ3v) is 2.41. The van der Waals surface area contributed by atoms with Gasteiger partial charge in [0.25, 0.3) is 0 Å². The first-order valence-corrected chi connectivity index (χ1v) is 4.45. The number of hydrogen-bond acceptors (Lipinski definition) is 4. The zero-order valence-electron chi connectivity index (χ0n) is 7.66.